The lowest BCUT2D eigenvalue weighted by Gasteiger charge is -2.18. The monoisotopic (exact) mass is 424 g/mol. The lowest BCUT2D eigenvalue weighted by molar-refractivity contribution is -0.131. The molecule has 0 atom stereocenters. The number of aryl methyl sites for hydroxylation is 1. The highest BCUT2D eigenvalue weighted by atomic mass is 16.6. The quantitative estimate of drug-likeness (QED) is 0.512. The van der Waals surface area contributed by atoms with Gasteiger partial charge in [-0.3, -0.25) is 4.79 Å². The molecule has 162 valence electrons. The van der Waals surface area contributed by atoms with Crippen molar-refractivity contribution in [1.82, 2.24) is 0 Å². The van der Waals surface area contributed by atoms with Crippen LogP contribution in [-0.4, -0.2) is 32.1 Å². The van der Waals surface area contributed by atoms with Crippen LogP contribution in [0.25, 0.3) is 6.08 Å². The molecular weight excluding hydrogens is 400 g/mol. The fourth-order valence-corrected chi connectivity index (χ4v) is 3.75. The lowest BCUT2D eigenvalue weighted by atomic mass is 9.94. The molecule has 0 bridgehead atoms. The first kappa shape index (κ1) is 22.1. The molecule has 0 spiro atoms. The average Bonchev–Trinajstić information content (AvgIpc) is 3.12. The molecular formula is C24H24O7. The summed E-state index contributed by atoms with van der Waals surface area (Å²) in [7, 11) is 2.86. The molecule has 0 saturated heterocycles. The van der Waals surface area contributed by atoms with Crippen LogP contribution in [0.4, 0.5) is 0 Å². The van der Waals surface area contributed by atoms with Gasteiger partial charge >= 0.3 is 17.9 Å². The Bertz CT molecular complexity index is 1100. The van der Waals surface area contributed by atoms with Crippen molar-refractivity contribution < 1.29 is 33.3 Å². The van der Waals surface area contributed by atoms with E-state index in [-0.39, 0.29) is 17.9 Å². The van der Waals surface area contributed by atoms with Crippen LogP contribution in [0.1, 0.15) is 55.5 Å². The van der Waals surface area contributed by atoms with Gasteiger partial charge in [0.05, 0.1) is 19.8 Å². The van der Waals surface area contributed by atoms with Crippen molar-refractivity contribution in [2.24, 2.45) is 0 Å². The molecule has 0 aliphatic carbocycles. The second-order valence-corrected chi connectivity index (χ2v) is 7.12. The minimum Gasteiger partial charge on any atom is -0.496 e. The lowest BCUT2D eigenvalue weighted by Crippen LogP contribution is -2.11. The maximum absolute atomic E-state index is 12.3. The van der Waals surface area contributed by atoms with E-state index in [1.807, 2.05) is 26.0 Å². The first-order valence-electron chi connectivity index (χ1n) is 9.72. The molecule has 0 unspecified atom stereocenters. The van der Waals surface area contributed by atoms with E-state index in [0.29, 0.717) is 28.9 Å². The number of methoxy groups -OCH3 is 2. The third-order valence-electron chi connectivity index (χ3n) is 5.21. The highest BCUT2D eigenvalue weighted by molar-refractivity contribution is 5.99. The average molecular weight is 424 g/mol. The van der Waals surface area contributed by atoms with E-state index < -0.39 is 17.9 Å². The summed E-state index contributed by atoms with van der Waals surface area (Å²) < 4.78 is 21.1. The van der Waals surface area contributed by atoms with Gasteiger partial charge in [0.2, 0.25) is 0 Å². The van der Waals surface area contributed by atoms with Crippen LogP contribution in [0.5, 0.6) is 11.5 Å². The summed E-state index contributed by atoms with van der Waals surface area (Å²) in [5.41, 5.74) is 4.28. The fraction of sp³-hybridized carbons (Fsp3) is 0.292. The van der Waals surface area contributed by atoms with Gasteiger partial charge in [-0.2, -0.15) is 0 Å². The van der Waals surface area contributed by atoms with Gasteiger partial charge < -0.3 is 18.9 Å². The van der Waals surface area contributed by atoms with Gasteiger partial charge in [0.15, 0.2) is 5.75 Å². The maximum atomic E-state index is 12.3. The van der Waals surface area contributed by atoms with Gasteiger partial charge in [-0.15, -0.1) is 0 Å². The second kappa shape index (κ2) is 9.04. The van der Waals surface area contributed by atoms with E-state index >= 15 is 0 Å². The van der Waals surface area contributed by atoms with Gasteiger partial charge in [-0.05, 0) is 43.0 Å². The Kier molecular flexibility index (Phi) is 6.44. The summed E-state index contributed by atoms with van der Waals surface area (Å²) in [6.45, 7) is 5.11. The Labute approximate surface area is 180 Å². The second-order valence-electron chi connectivity index (χ2n) is 7.12. The summed E-state index contributed by atoms with van der Waals surface area (Å²) in [6.07, 6.45) is 3.92. The molecule has 0 N–H and O–H groups in total. The number of hydrogen-bond donors (Lipinski definition) is 0. The summed E-state index contributed by atoms with van der Waals surface area (Å²) in [5.74, 6) is -0.845. The summed E-state index contributed by atoms with van der Waals surface area (Å²) in [5, 5.41) is 0. The highest BCUT2D eigenvalue weighted by Crippen LogP contribution is 2.42. The van der Waals surface area contributed by atoms with E-state index in [2.05, 4.69) is 0 Å². The molecule has 2 aromatic carbocycles. The molecule has 2 aromatic rings. The number of carbonyl (C=O) groups excluding carboxylic acids is 3. The van der Waals surface area contributed by atoms with Crippen LogP contribution in [-0.2, 0) is 27.3 Å². The first-order chi connectivity index (χ1) is 14.8. The summed E-state index contributed by atoms with van der Waals surface area (Å²) >= 11 is 0. The molecule has 0 saturated carbocycles. The van der Waals surface area contributed by atoms with Crippen molar-refractivity contribution in [2.45, 2.75) is 33.8 Å². The zero-order chi connectivity index (χ0) is 22.7. The largest absolute Gasteiger partial charge is 0.496 e. The molecule has 0 radical (unpaired) electrons. The number of esters is 3. The molecule has 0 fully saturated rings. The number of rotatable bonds is 6. The van der Waals surface area contributed by atoms with Crippen LogP contribution < -0.4 is 9.47 Å². The molecule has 3 rings (SSSR count). The minimum atomic E-state index is -0.551. The summed E-state index contributed by atoms with van der Waals surface area (Å²) in [4.78, 5) is 36.2. The van der Waals surface area contributed by atoms with Crippen molar-refractivity contribution in [3.8, 4) is 11.5 Å². The molecule has 7 nitrogen and oxygen atoms in total. The normalized spacial score (nSPS) is 12.5. The molecule has 1 aliphatic rings. The fourth-order valence-electron chi connectivity index (χ4n) is 3.75. The number of allylic oxidation sites excluding steroid dienone is 1. The van der Waals surface area contributed by atoms with Crippen molar-refractivity contribution in [1.29, 1.82) is 0 Å². The zero-order valence-corrected chi connectivity index (χ0v) is 18.2. The Morgan fingerprint density at radius 2 is 1.90 bits per heavy atom. The van der Waals surface area contributed by atoms with Gasteiger partial charge in [-0.25, -0.2) is 9.59 Å². The van der Waals surface area contributed by atoms with E-state index in [1.165, 1.54) is 21.1 Å². The summed E-state index contributed by atoms with van der Waals surface area (Å²) in [6, 6.07) is 5.38. The number of cyclic esters (lactones) is 1. The van der Waals surface area contributed by atoms with Crippen molar-refractivity contribution >= 4 is 24.0 Å². The smallest absolute Gasteiger partial charge is 0.342 e. The van der Waals surface area contributed by atoms with E-state index in [9.17, 15) is 14.4 Å². The van der Waals surface area contributed by atoms with Gasteiger partial charge in [-0.1, -0.05) is 24.3 Å². The standard InChI is InChI=1S/C24H24O7/c1-13-8-6-10-17(23(26)29-5)16(13)9-7-11-18-21(28-4)14(2)19-12-30-24(27)20(19)22(18)31-15(3)25/h6-10H,11-12H2,1-5H3/b9-7+. The van der Waals surface area contributed by atoms with Crippen LogP contribution >= 0.6 is 0 Å². The van der Waals surface area contributed by atoms with Gasteiger partial charge in [0.1, 0.15) is 17.9 Å². The molecule has 1 heterocycles. The SMILES string of the molecule is COC(=O)c1cccc(C)c1/C=C/Cc1c(OC)c(C)c2c(c1OC(C)=O)C(=O)OC2. The Balaban J connectivity index is 2.10. The van der Waals surface area contributed by atoms with E-state index in [4.69, 9.17) is 18.9 Å². The van der Waals surface area contributed by atoms with Crippen molar-refractivity contribution in [3.05, 3.63) is 63.2 Å². The van der Waals surface area contributed by atoms with Crippen molar-refractivity contribution in [2.75, 3.05) is 14.2 Å². The number of hydrogen-bond acceptors (Lipinski definition) is 7. The Morgan fingerprint density at radius 1 is 1.16 bits per heavy atom. The van der Waals surface area contributed by atoms with E-state index in [0.717, 1.165) is 16.7 Å². The number of benzene rings is 2. The van der Waals surface area contributed by atoms with E-state index in [1.54, 1.807) is 18.2 Å². The predicted octanol–water partition coefficient (Wildman–Crippen LogP) is 3.95. The maximum Gasteiger partial charge on any atom is 0.342 e. The number of fused-ring (bicyclic) bond motifs is 1. The molecule has 31 heavy (non-hydrogen) atoms. The first-order valence-corrected chi connectivity index (χ1v) is 9.72. The van der Waals surface area contributed by atoms with Gasteiger partial charge in [0.25, 0.3) is 0 Å². The predicted molar refractivity (Wildman–Crippen MR) is 113 cm³/mol. The molecule has 0 aromatic heterocycles. The van der Waals surface area contributed by atoms with Gasteiger partial charge in [0, 0.05) is 18.1 Å². The highest BCUT2D eigenvalue weighted by Gasteiger charge is 2.33. The molecule has 1 aliphatic heterocycles. The minimum absolute atomic E-state index is 0.104. The number of ether oxygens (including phenoxy) is 4. The topological polar surface area (TPSA) is 88.1 Å². The third-order valence-corrected chi connectivity index (χ3v) is 5.21. The molecule has 0 amide bonds. The Hall–Kier alpha value is -3.61. The van der Waals surface area contributed by atoms with Crippen LogP contribution in [0.3, 0.4) is 0 Å². The molecule has 7 heteroatoms. The Morgan fingerprint density at radius 3 is 2.55 bits per heavy atom. The number of carbonyl (C=O) groups is 3. The third kappa shape index (κ3) is 4.17. The zero-order valence-electron chi connectivity index (χ0n) is 18.2. The van der Waals surface area contributed by atoms with Crippen molar-refractivity contribution in [3.63, 3.8) is 0 Å². The van der Waals surface area contributed by atoms with Crippen LogP contribution in [0, 0.1) is 13.8 Å². The van der Waals surface area contributed by atoms with Crippen LogP contribution in [0.2, 0.25) is 0 Å². The van der Waals surface area contributed by atoms with Crippen LogP contribution in [0.15, 0.2) is 24.3 Å².